The number of carbonyl (C=O) groups is 2. The lowest BCUT2D eigenvalue weighted by atomic mass is 9.87. The zero-order valence-corrected chi connectivity index (χ0v) is 13.3. The number of amides is 2. The van der Waals surface area contributed by atoms with Gasteiger partial charge in [-0.1, -0.05) is 45.0 Å². The maximum Gasteiger partial charge on any atom is 0.283 e. The Bertz CT molecular complexity index is 487. The van der Waals surface area contributed by atoms with Crippen LogP contribution in [0.2, 0.25) is 0 Å². The standard InChI is InChI=1S/C15H22N2O2S/c1-5-9-15(2,3)13(18)16-11-7-6-8-12(10-11)17-14(19)20-4/h6-8,10H,5,9H2,1-4H3,(H,16,18)(H,17,19). The number of nitrogens with one attached hydrogen (secondary N) is 2. The summed E-state index contributed by atoms with van der Waals surface area (Å²) in [6.45, 7) is 5.93. The summed E-state index contributed by atoms with van der Waals surface area (Å²) >= 11 is 1.11. The zero-order valence-electron chi connectivity index (χ0n) is 12.4. The van der Waals surface area contributed by atoms with E-state index in [1.807, 2.05) is 19.9 Å². The third kappa shape index (κ3) is 4.89. The highest BCUT2D eigenvalue weighted by molar-refractivity contribution is 8.13. The molecule has 5 heteroatoms. The highest BCUT2D eigenvalue weighted by Crippen LogP contribution is 2.25. The molecule has 110 valence electrons. The van der Waals surface area contributed by atoms with Gasteiger partial charge in [0, 0.05) is 16.8 Å². The Hall–Kier alpha value is -1.49. The minimum Gasteiger partial charge on any atom is -0.326 e. The Morgan fingerprint density at radius 2 is 1.80 bits per heavy atom. The van der Waals surface area contributed by atoms with Gasteiger partial charge in [0.25, 0.3) is 5.24 Å². The van der Waals surface area contributed by atoms with Crippen LogP contribution < -0.4 is 10.6 Å². The van der Waals surface area contributed by atoms with Crippen LogP contribution in [0, 0.1) is 5.41 Å². The second-order valence-corrected chi connectivity index (χ2v) is 6.06. The van der Waals surface area contributed by atoms with Gasteiger partial charge >= 0.3 is 0 Å². The van der Waals surface area contributed by atoms with Gasteiger partial charge in [-0.25, -0.2) is 0 Å². The van der Waals surface area contributed by atoms with E-state index in [-0.39, 0.29) is 11.1 Å². The Morgan fingerprint density at radius 3 is 2.35 bits per heavy atom. The number of hydrogen-bond acceptors (Lipinski definition) is 3. The van der Waals surface area contributed by atoms with Crippen molar-refractivity contribution >= 4 is 34.3 Å². The third-order valence-electron chi connectivity index (χ3n) is 3.04. The minimum atomic E-state index is -0.396. The van der Waals surface area contributed by atoms with Gasteiger partial charge in [-0.05, 0) is 30.9 Å². The van der Waals surface area contributed by atoms with E-state index >= 15 is 0 Å². The van der Waals surface area contributed by atoms with Crippen LogP contribution in [0.3, 0.4) is 0 Å². The fourth-order valence-electron chi connectivity index (χ4n) is 1.88. The van der Waals surface area contributed by atoms with Crippen LogP contribution in [0.25, 0.3) is 0 Å². The SMILES string of the molecule is CCCC(C)(C)C(=O)Nc1cccc(NC(=O)SC)c1. The van der Waals surface area contributed by atoms with E-state index in [9.17, 15) is 9.59 Å². The van der Waals surface area contributed by atoms with Crippen molar-refractivity contribution in [3.63, 3.8) is 0 Å². The summed E-state index contributed by atoms with van der Waals surface area (Å²) in [6.07, 6.45) is 3.51. The Kier molecular flexibility index (Phi) is 6.07. The van der Waals surface area contributed by atoms with Crippen LogP contribution in [-0.4, -0.2) is 17.4 Å². The predicted molar refractivity (Wildman–Crippen MR) is 86.3 cm³/mol. The predicted octanol–water partition coefficient (Wildman–Crippen LogP) is 4.35. The molecule has 0 unspecified atom stereocenters. The summed E-state index contributed by atoms with van der Waals surface area (Å²) < 4.78 is 0. The van der Waals surface area contributed by atoms with Gasteiger partial charge < -0.3 is 10.6 Å². The summed E-state index contributed by atoms with van der Waals surface area (Å²) in [6, 6.07) is 7.17. The maximum atomic E-state index is 12.2. The molecule has 20 heavy (non-hydrogen) atoms. The maximum absolute atomic E-state index is 12.2. The molecule has 2 amide bonds. The number of anilines is 2. The van der Waals surface area contributed by atoms with E-state index in [0.717, 1.165) is 24.6 Å². The molecule has 0 aliphatic heterocycles. The van der Waals surface area contributed by atoms with Crippen molar-refractivity contribution in [3.8, 4) is 0 Å². The molecule has 1 aromatic carbocycles. The molecule has 1 aromatic rings. The zero-order chi connectivity index (χ0) is 15.2. The lowest BCUT2D eigenvalue weighted by molar-refractivity contribution is -0.124. The Labute approximate surface area is 124 Å². The number of benzene rings is 1. The van der Waals surface area contributed by atoms with Crippen LogP contribution >= 0.6 is 11.8 Å². The fraction of sp³-hybridized carbons (Fsp3) is 0.467. The molecular formula is C15H22N2O2S. The molecule has 0 aromatic heterocycles. The molecule has 0 saturated heterocycles. The van der Waals surface area contributed by atoms with Crippen molar-refractivity contribution < 1.29 is 9.59 Å². The number of hydrogen-bond donors (Lipinski definition) is 2. The summed E-state index contributed by atoms with van der Waals surface area (Å²) in [5, 5.41) is 5.52. The van der Waals surface area contributed by atoms with Crippen molar-refractivity contribution in [2.24, 2.45) is 5.41 Å². The molecular weight excluding hydrogens is 272 g/mol. The van der Waals surface area contributed by atoms with Crippen LogP contribution in [-0.2, 0) is 4.79 Å². The highest BCUT2D eigenvalue weighted by Gasteiger charge is 2.26. The largest absolute Gasteiger partial charge is 0.326 e. The van der Waals surface area contributed by atoms with Crippen LogP contribution in [0.1, 0.15) is 33.6 Å². The first-order chi connectivity index (χ1) is 9.39. The number of thioether (sulfide) groups is 1. The second-order valence-electron chi connectivity index (χ2n) is 5.29. The summed E-state index contributed by atoms with van der Waals surface area (Å²) in [4.78, 5) is 23.5. The van der Waals surface area contributed by atoms with Gasteiger partial charge in [0.2, 0.25) is 5.91 Å². The fourth-order valence-corrected chi connectivity index (χ4v) is 2.10. The highest BCUT2D eigenvalue weighted by atomic mass is 32.2. The van der Waals surface area contributed by atoms with E-state index in [0.29, 0.717) is 11.4 Å². The van der Waals surface area contributed by atoms with Gasteiger partial charge in [-0.3, -0.25) is 9.59 Å². The molecule has 0 saturated carbocycles. The summed E-state index contributed by atoms with van der Waals surface area (Å²) in [5.41, 5.74) is 0.973. The smallest absolute Gasteiger partial charge is 0.283 e. The molecule has 0 heterocycles. The van der Waals surface area contributed by atoms with Crippen molar-refractivity contribution in [1.29, 1.82) is 0 Å². The monoisotopic (exact) mass is 294 g/mol. The van der Waals surface area contributed by atoms with Gasteiger partial charge in [0.15, 0.2) is 0 Å². The molecule has 2 N–H and O–H groups in total. The van der Waals surface area contributed by atoms with E-state index < -0.39 is 5.41 Å². The summed E-state index contributed by atoms with van der Waals surface area (Å²) in [5.74, 6) is -0.00677. The normalized spacial score (nSPS) is 11.0. The van der Waals surface area contributed by atoms with Gasteiger partial charge in [-0.2, -0.15) is 0 Å². The Balaban J connectivity index is 2.75. The van der Waals surface area contributed by atoms with Crippen molar-refractivity contribution in [3.05, 3.63) is 24.3 Å². The third-order valence-corrected chi connectivity index (χ3v) is 3.51. The molecule has 1 rings (SSSR count). The van der Waals surface area contributed by atoms with Crippen molar-refractivity contribution in [1.82, 2.24) is 0 Å². The number of rotatable bonds is 5. The molecule has 0 fully saturated rings. The van der Waals surface area contributed by atoms with Crippen molar-refractivity contribution in [2.45, 2.75) is 33.6 Å². The molecule has 0 aliphatic rings. The van der Waals surface area contributed by atoms with E-state index in [2.05, 4.69) is 17.6 Å². The van der Waals surface area contributed by atoms with Crippen LogP contribution in [0.5, 0.6) is 0 Å². The summed E-state index contributed by atoms with van der Waals surface area (Å²) in [7, 11) is 0. The Morgan fingerprint density at radius 1 is 1.20 bits per heavy atom. The van der Waals surface area contributed by atoms with Crippen molar-refractivity contribution in [2.75, 3.05) is 16.9 Å². The van der Waals surface area contributed by atoms with Gasteiger partial charge in [0.1, 0.15) is 0 Å². The molecule has 4 nitrogen and oxygen atoms in total. The molecule has 0 bridgehead atoms. The number of carbonyl (C=O) groups excluding carboxylic acids is 2. The lowest BCUT2D eigenvalue weighted by Crippen LogP contribution is -2.30. The van der Waals surface area contributed by atoms with E-state index in [1.165, 1.54) is 0 Å². The molecule has 0 radical (unpaired) electrons. The van der Waals surface area contributed by atoms with Crippen LogP contribution in [0.15, 0.2) is 24.3 Å². The minimum absolute atomic E-state index is 0.00677. The lowest BCUT2D eigenvalue weighted by Gasteiger charge is -2.23. The van der Waals surface area contributed by atoms with Gasteiger partial charge in [0.05, 0.1) is 0 Å². The quantitative estimate of drug-likeness (QED) is 0.849. The first-order valence-corrected chi connectivity index (χ1v) is 7.88. The first-order valence-electron chi connectivity index (χ1n) is 6.65. The molecule has 0 atom stereocenters. The molecule has 0 spiro atoms. The average Bonchev–Trinajstić information content (AvgIpc) is 2.38. The van der Waals surface area contributed by atoms with Gasteiger partial charge in [-0.15, -0.1) is 0 Å². The molecule has 0 aliphatic carbocycles. The topological polar surface area (TPSA) is 58.2 Å². The first kappa shape index (κ1) is 16.6. The van der Waals surface area contributed by atoms with E-state index in [4.69, 9.17) is 0 Å². The van der Waals surface area contributed by atoms with E-state index in [1.54, 1.807) is 24.5 Å². The van der Waals surface area contributed by atoms with Crippen LogP contribution in [0.4, 0.5) is 16.2 Å². The second kappa shape index (κ2) is 7.33. The average molecular weight is 294 g/mol.